The lowest BCUT2D eigenvalue weighted by Gasteiger charge is -2.27. The highest BCUT2D eigenvalue weighted by Crippen LogP contribution is 2.31. The Labute approximate surface area is 77.8 Å². The van der Waals surface area contributed by atoms with Crippen LogP contribution in [-0.2, 0) is 6.42 Å². The molecule has 1 aromatic rings. The van der Waals surface area contributed by atoms with Crippen molar-refractivity contribution in [3.8, 4) is 0 Å². The van der Waals surface area contributed by atoms with Crippen LogP contribution in [0.15, 0.2) is 11.4 Å². The van der Waals surface area contributed by atoms with Gasteiger partial charge in [0.1, 0.15) is 0 Å². The standard InChI is InChI=1S/C10H15NS/c1-7(2)10-8-4-6-12-9(8)3-5-11-10/h4,6-7,10-11H,3,5H2,1-2H3/t10-/m1/s1. The van der Waals surface area contributed by atoms with E-state index in [1.54, 1.807) is 10.4 Å². The van der Waals surface area contributed by atoms with Crippen LogP contribution in [0, 0.1) is 5.92 Å². The van der Waals surface area contributed by atoms with Crippen molar-refractivity contribution in [2.24, 2.45) is 5.92 Å². The zero-order chi connectivity index (χ0) is 8.55. The summed E-state index contributed by atoms with van der Waals surface area (Å²) in [5.41, 5.74) is 1.54. The highest BCUT2D eigenvalue weighted by atomic mass is 32.1. The fraction of sp³-hybridized carbons (Fsp3) is 0.600. The number of fused-ring (bicyclic) bond motifs is 1. The molecule has 12 heavy (non-hydrogen) atoms. The average Bonchev–Trinajstić information content (AvgIpc) is 2.49. The van der Waals surface area contributed by atoms with Crippen molar-refractivity contribution >= 4 is 11.3 Å². The molecule has 1 aromatic heterocycles. The van der Waals surface area contributed by atoms with E-state index in [4.69, 9.17) is 0 Å². The second-order valence-corrected chi connectivity index (χ2v) is 4.73. The molecule has 0 saturated heterocycles. The number of hydrogen-bond acceptors (Lipinski definition) is 2. The van der Waals surface area contributed by atoms with Crippen LogP contribution in [0.1, 0.15) is 30.3 Å². The Kier molecular flexibility index (Phi) is 2.20. The summed E-state index contributed by atoms with van der Waals surface area (Å²) in [7, 11) is 0. The van der Waals surface area contributed by atoms with Gasteiger partial charge >= 0.3 is 0 Å². The smallest absolute Gasteiger partial charge is 0.0354 e. The lowest BCUT2D eigenvalue weighted by atomic mass is 9.93. The summed E-state index contributed by atoms with van der Waals surface area (Å²) >= 11 is 1.91. The van der Waals surface area contributed by atoms with Gasteiger partial charge in [0.2, 0.25) is 0 Å². The molecule has 1 atom stereocenters. The quantitative estimate of drug-likeness (QED) is 0.702. The van der Waals surface area contributed by atoms with E-state index in [-0.39, 0.29) is 0 Å². The van der Waals surface area contributed by atoms with Crippen molar-refractivity contribution in [3.63, 3.8) is 0 Å². The van der Waals surface area contributed by atoms with Gasteiger partial charge in [-0.2, -0.15) is 0 Å². The van der Waals surface area contributed by atoms with Gasteiger partial charge < -0.3 is 5.32 Å². The van der Waals surface area contributed by atoms with E-state index in [0.717, 1.165) is 6.54 Å². The lowest BCUT2D eigenvalue weighted by molar-refractivity contribution is 0.398. The van der Waals surface area contributed by atoms with Crippen LogP contribution < -0.4 is 5.32 Å². The van der Waals surface area contributed by atoms with Crippen molar-refractivity contribution in [1.82, 2.24) is 5.32 Å². The Bertz CT molecular complexity index is 265. The van der Waals surface area contributed by atoms with Crippen LogP contribution in [0.2, 0.25) is 0 Å². The minimum Gasteiger partial charge on any atom is -0.309 e. The third-order valence-electron chi connectivity index (χ3n) is 2.50. The summed E-state index contributed by atoms with van der Waals surface area (Å²) in [5, 5.41) is 5.78. The van der Waals surface area contributed by atoms with Gasteiger partial charge in [-0.15, -0.1) is 11.3 Å². The molecule has 1 N–H and O–H groups in total. The minimum atomic E-state index is 0.597. The van der Waals surface area contributed by atoms with Crippen molar-refractivity contribution in [3.05, 3.63) is 21.9 Å². The molecule has 2 heteroatoms. The van der Waals surface area contributed by atoms with Crippen LogP contribution in [0.25, 0.3) is 0 Å². The highest BCUT2D eigenvalue weighted by molar-refractivity contribution is 7.10. The molecule has 66 valence electrons. The molecule has 0 amide bonds. The summed E-state index contributed by atoms with van der Waals surface area (Å²) in [6.45, 7) is 5.71. The third-order valence-corrected chi connectivity index (χ3v) is 3.49. The monoisotopic (exact) mass is 181 g/mol. The summed E-state index contributed by atoms with van der Waals surface area (Å²) in [6, 6.07) is 2.87. The van der Waals surface area contributed by atoms with Gasteiger partial charge in [0, 0.05) is 17.5 Å². The maximum Gasteiger partial charge on any atom is 0.0354 e. The topological polar surface area (TPSA) is 12.0 Å². The predicted octanol–water partition coefficient (Wildman–Crippen LogP) is 2.59. The molecule has 1 aliphatic heterocycles. The van der Waals surface area contributed by atoms with E-state index in [2.05, 4.69) is 30.6 Å². The van der Waals surface area contributed by atoms with Gasteiger partial charge in [-0.25, -0.2) is 0 Å². The lowest BCUT2D eigenvalue weighted by Crippen LogP contribution is -2.31. The predicted molar refractivity (Wildman–Crippen MR) is 53.6 cm³/mol. The van der Waals surface area contributed by atoms with Gasteiger partial charge in [-0.05, 0) is 29.3 Å². The normalized spacial score (nSPS) is 22.8. The van der Waals surface area contributed by atoms with E-state index >= 15 is 0 Å². The van der Waals surface area contributed by atoms with Crippen LogP contribution in [0.4, 0.5) is 0 Å². The Balaban J connectivity index is 2.31. The summed E-state index contributed by atoms with van der Waals surface area (Å²) < 4.78 is 0. The van der Waals surface area contributed by atoms with E-state index in [1.807, 2.05) is 11.3 Å². The van der Waals surface area contributed by atoms with Crippen LogP contribution in [0.5, 0.6) is 0 Å². The van der Waals surface area contributed by atoms with Crippen LogP contribution >= 0.6 is 11.3 Å². The van der Waals surface area contributed by atoms with Crippen molar-refractivity contribution in [2.75, 3.05) is 6.54 Å². The molecule has 0 saturated carbocycles. The molecule has 0 aliphatic carbocycles. The molecular weight excluding hydrogens is 166 g/mol. The Morgan fingerprint density at radius 2 is 2.42 bits per heavy atom. The molecule has 1 aliphatic rings. The first-order valence-corrected chi connectivity index (χ1v) is 5.46. The van der Waals surface area contributed by atoms with E-state index in [0.29, 0.717) is 12.0 Å². The number of hydrogen-bond donors (Lipinski definition) is 1. The number of rotatable bonds is 1. The molecular formula is C10H15NS. The average molecular weight is 181 g/mol. The first-order valence-electron chi connectivity index (χ1n) is 4.58. The van der Waals surface area contributed by atoms with Gasteiger partial charge in [0.15, 0.2) is 0 Å². The highest BCUT2D eigenvalue weighted by Gasteiger charge is 2.22. The fourth-order valence-corrected chi connectivity index (χ4v) is 2.81. The first-order chi connectivity index (χ1) is 5.79. The Morgan fingerprint density at radius 1 is 1.58 bits per heavy atom. The third kappa shape index (κ3) is 1.29. The van der Waals surface area contributed by atoms with Gasteiger partial charge in [-0.1, -0.05) is 13.8 Å². The summed E-state index contributed by atoms with van der Waals surface area (Å²) in [6.07, 6.45) is 1.22. The van der Waals surface area contributed by atoms with E-state index in [1.165, 1.54) is 6.42 Å². The van der Waals surface area contributed by atoms with Crippen molar-refractivity contribution < 1.29 is 0 Å². The second kappa shape index (κ2) is 3.19. The first kappa shape index (κ1) is 8.27. The van der Waals surface area contributed by atoms with Crippen molar-refractivity contribution in [1.29, 1.82) is 0 Å². The molecule has 0 radical (unpaired) electrons. The van der Waals surface area contributed by atoms with Gasteiger partial charge in [0.25, 0.3) is 0 Å². The Hall–Kier alpha value is -0.340. The molecule has 1 nitrogen and oxygen atoms in total. The molecule has 0 unspecified atom stereocenters. The van der Waals surface area contributed by atoms with Crippen molar-refractivity contribution in [2.45, 2.75) is 26.3 Å². The zero-order valence-electron chi connectivity index (χ0n) is 7.63. The van der Waals surface area contributed by atoms with Crippen LogP contribution in [-0.4, -0.2) is 6.54 Å². The van der Waals surface area contributed by atoms with Gasteiger partial charge in [0.05, 0.1) is 0 Å². The minimum absolute atomic E-state index is 0.597. The molecule has 0 bridgehead atoms. The number of thiophene rings is 1. The zero-order valence-corrected chi connectivity index (χ0v) is 8.45. The summed E-state index contributed by atoms with van der Waals surface area (Å²) in [4.78, 5) is 1.59. The Morgan fingerprint density at radius 3 is 3.17 bits per heavy atom. The molecule has 0 aromatic carbocycles. The van der Waals surface area contributed by atoms with E-state index in [9.17, 15) is 0 Å². The number of nitrogens with one attached hydrogen (secondary N) is 1. The SMILES string of the molecule is CC(C)[C@H]1NCCc2sccc21. The maximum atomic E-state index is 3.57. The van der Waals surface area contributed by atoms with Gasteiger partial charge in [-0.3, -0.25) is 0 Å². The maximum absolute atomic E-state index is 3.57. The van der Waals surface area contributed by atoms with E-state index < -0.39 is 0 Å². The second-order valence-electron chi connectivity index (χ2n) is 3.72. The largest absolute Gasteiger partial charge is 0.309 e. The summed E-state index contributed by atoms with van der Waals surface area (Å²) in [5.74, 6) is 0.707. The molecule has 0 fully saturated rings. The molecule has 2 rings (SSSR count). The molecule has 2 heterocycles. The fourth-order valence-electron chi connectivity index (χ4n) is 1.88. The van der Waals surface area contributed by atoms with Crippen LogP contribution in [0.3, 0.4) is 0 Å². The molecule has 0 spiro atoms.